The van der Waals surface area contributed by atoms with E-state index in [-0.39, 0.29) is 23.7 Å². The van der Waals surface area contributed by atoms with Crippen LogP contribution in [0.25, 0.3) is 10.8 Å². The fraction of sp³-hybridized carbons (Fsp3) is 0.269. The lowest BCUT2D eigenvalue weighted by Gasteiger charge is -2.32. The third-order valence-electron chi connectivity index (χ3n) is 5.76. The topological polar surface area (TPSA) is 75.7 Å². The molecule has 1 fully saturated rings. The molecule has 0 bridgehead atoms. The molecule has 0 aliphatic carbocycles. The molecule has 3 aromatic rings. The van der Waals surface area contributed by atoms with Gasteiger partial charge in [0.1, 0.15) is 0 Å². The summed E-state index contributed by atoms with van der Waals surface area (Å²) >= 11 is 0. The molecule has 1 unspecified atom stereocenters. The van der Waals surface area contributed by atoms with Crippen molar-refractivity contribution in [3.63, 3.8) is 0 Å². The molecule has 6 nitrogen and oxygen atoms in total. The van der Waals surface area contributed by atoms with E-state index in [4.69, 9.17) is 4.74 Å². The SMILES string of the molecule is CCOC(=O)c1ccc(NC(=O)C2CCCN(C(=O)c3cccc4ccccc34)C2)cc1. The predicted molar refractivity (Wildman–Crippen MR) is 124 cm³/mol. The fourth-order valence-electron chi connectivity index (χ4n) is 4.11. The number of rotatable bonds is 5. The van der Waals surface area contributed by atoms with Gasteiger partial charge in [0.2, 0.25) is 5.91 Å². The zero-order valence-corrected chi connectivity index (χ0v) is 18.0. The molecular weight excluding hydrogens is 404 g/mol. The summed E-state index contributed by atoms with van der Waals surface area (Å²) in [4.78, 5) is 39.7. The van der Waals surface area contributed by atoms with Crippen LogP contribution in [-0.4, -0.2) is 42.4 Å². The summed E-state index contributed by atoms with van der Waals surface area (Å²) < 4.78 is 4.98. The Labute approximate surface area is 187 Å². The van der Waals surface area contributed by atoms with Crippen molar-refractivity contribution in [2.75, 3.05) is 25.0 Å². The number of hydrogen-bond donors (Lipinski definition) is 1. The van der Waals surface area contributed by atoms with E-state index in [0.717, 1.165) is 23.6 Å². The molecule has 0 aromatic heterocycles. The maximum absolute atomic E-state index is 13.2. The molecule has 6 heteroatoms. The van der Waals surface area contributed by atoms with Crippen LogP contribution >= 0.6 is 0 Å². The van der Waals surface area contributed by atoms with Crippen molar-refractivity contribution >= 4 is 34.2 Å². The molecule has 1 heterocycles. The number of nitrogens with zero attached hydrogens (tertiary/aromatic N) is 1. The zero-order chi connectivity index (χ0) is 22.5. The molecular formula is C26H26N2O4. The van der Waals surface area contributed by atoms with Crippen molar-refractivity contribution in [1.29, 1.82) is 0 Å². The Morgan fingerprint density at radius 3 is 2.53 bits per heavy atom. The average molecular weight is 431 g/mol. The number of amides is 2. The van der Waals surface area contributed by atoms with Gasteiger partial charge in [-0.1, -0.05) is 36.4 Å². The van der Waals surface area contributed by atoms with Crippen molar-refractivity contribution in [2.45, 2.75) is 19.8 Å². The quantitative estimate of drug-likeness (QED) is 0.605. The first-order valence-corrected chi connectivity index (χ1v) is 10.9. The second kappa shape index (κ2) is 9.64. The molecule has 2 amide bonds. The largest absolute Gasteiger partial charge is 0.462 e. The monoisotopic (exact) mass is 430 g/mol. The number of esters is 1. The van der Waals surface area contributed by atoms with Crippen molar-refractivity contribution in [1.82, 2.24) is 4.90 Å². The summed E-state index contributed by atoms with van der Waals surface area (Å²) in [5.74, 6) is -0.838. The van der Waals surface area contributed by atoms with Gasteiger partial charge in [0, 0.05) is 24.3 Å². The molecule has 3 aromatic carbocycles. The minimum Gasteiger partial charge on any atom is -0.462 e. The van der Waals surface area contributed by atoms with Gasteiger partial charge in [-0.3, -0.25) is 9.59 Å². The van der Waals surface area contributed by atoms with E-state index in [9.17, 15) is 14.4 Å². The van der Waals surface area contributed by atoms with Crippen molar-refractivity contribution in [2.24, 2.45) is 5.92 Å². The first-order chi connectivity index (χ1) is 15.6. The van der Waals surface area contributed by atoms with Gasteiger partial charge in [-0.15, -0.1) is 0 Å². The number of hydrogen-bond acceptors (Lipinski definition) is 4. The lowest BCUT2D eigenvalue weighted by molar-refractivity contribution is -0.121. The normalized spacial score (nSPS) is 15.9. The molecule has 1 aliphatic heterocycles. The second-order valence-electron chi connectivity index (χ2n) is 7.90. The van der Waals surface area contributed by atoms with Gasteiger partial charge in [0.15, 0.2) is 0 Å². The summed E-state index contributed by atoms with van der Waals surface area (Å²) in [5.41, 5.74) is 1.72. The lowest BCUT2D eigenvalue weighted by Crippen LogP contribution is -2.43. The van der Waals surface area contributed by atoms with Gasteiger partial charge in [0.05, 0.1) is 18.1 Å². The zero-order valence-electron chi connectivity index (χ0n) is 18.0. The van der Waals surface area contributed by atoms with Gasteiger partial charge in [0.25, 0.3) is 5.91 Å². The highest BCUT2D eigenvalue weighted by Gasteiger charge is 2.29. The highest BCUT2D eigenvalue weighted by molar-refractivity contribution is 6.07. The van der Waals surface area contributed by atoms with E-state index >= 15 is 0 Å². The minimum atomic E-state index is -0.389. The first-order valence-electron chi connectivity index (χ1n) is 10.9. The summed E-state index contributed by atoms with van der Waals surface area (Å²) in [7, 11) is 0. The number of piperidine rings is 1. The van der Waals surface area contributed by atoms with Crippen LogP contribution in [0.5, 0.6) is 0 Å². The summed E-state index contributed by atoms with van der Waals surface area (Å²) in [6.45, 7) is 3.09. The van der Waals surface area contributed by atoms with Crippen molar-refractivity contribution in [3.05, 3.63) is 77.9 Å². The molecule has 0 radical (unpaired) electrons. The smallest absolute Gasteiger partial charge is 0.338 e. The number of fused-ring (bicyclic) bond motifs is 1. The van der Waals surface area contributed by atoms with Crippen molar-refractivity contribution in [3.8, 4) is 0 Å². The highest BCUT2D eigenvalue weighted by Crippen LogP contribution is 2.24. The van der Waals surface area contributed by atoms with E-state index in [0.29, 0.717) is 36.5 Å². The molecule has 1 saturated heterocycles. The number of likely N-dealkylation sites (tertiary alicyclic amines) is 1. The van der Waals surface area contributed by atoms with E-state index in [2.05, 4.69) is 5.32 Å². The lowest BCUT2D eigenvalue weighted by atomic mass is 9.95. The summed E-state index contributed by atoms with van der Waals surface area (Å²) in [6.07, 6.45) is 1.50. The first kappa shape index (κ1) is 21.6. The average Bonchev–Trinajstić information content (AvgIpc) is 2.84. The number of benzene rings is 3. The summed E-state index contributed by atoms with van der Waals surface area (Å²) in [5, 5.41) is 4.86. The number of carbonyl (C=O) groups is 3. The molecule has 1 atom stereocenters. The van der Waals surface area contributed by atoms with Crippen molar-refractivity contribution < 1.29 is 19.1 Å². The molecule has 4 rings (SSSR count). The van der Waals surface area contributed by atoms with Gasteiger partial charge >= 0.3 is 5.97 Å². The van der Waals surface area contributed by atoms with Gasteiger partial charge < -0.3 is 15.0 Å². The molecule has 0 spiro atoms. The standard InChI is InChI=1S/C26H26N2O4/c1-2-32-26(31)19-12-14-21(15-13-19)27-24(29)20-9-6-16-28(17-20)25(30)23-11-5-8-18-7-3-4-10-22(18)23/h3-5,7-8,10-15,20H,2,6,9,16-17H2,1H3,(H,27,29). The molecule has 1 N–H and O–H groups in total. The Morgan fingerprint density at radius 2 is 1.75 bits per heavy atom. The number of ether oxygens (including phenoxy) is 1. The van der Waals surface area contributed by atoms with Crippen LogP contribution in [0.15, 0.2) is 66.7 Å². The Balaban J connectivity index is 1.42. The van der Waals surface area contributed by atoms with E-state index in [1.54, 1.807) is 36.1 Å². The van der Waals surface area contributed by atoms with Gasteiger partial charge in [-0.2, -0.15) is 0 Å². The Hall–Kier alpha value is -3.67. The molecule has 0 saturated carbocycles. The Bertz CT molecular complexity index is 1130. The number of carbonyl (C=O) groups excluding carboxylic acids is 3. The Kier molecular flexibility index (Phi) is 6.50. The van der Waals surface area contributed by atoms with E-state index in [1.807, 2.05) is 42.5 Å². The maximum atomic E-state index is 13.2. The van der Waals surface area contributed by atoms with E-state index in [1.165, 1.54) is 0 Å². The maximum Gasteiger partial charge on any atom is 0.338 e. The van der Waals surface area contributed by atoms with E-state index < -0.39 is 0 Å². The van der Waals surface area contributed by atoms with Crippen LogP contribution in [0.1, 0.15) is 40.5 Å². The van der Waals surface area contributed by atoms with Gasteiger partial charge in [-0.05, 0) is 60.9 Å². The van der Waals surface area contributed by atoms with Crippen LogP contribution in [0.3, 0.4) is 0 Å². The van der Waals surface area contributed by atoms with Crippen LogP contribution < -0.4 is 5.32 Å². The number of nitrogens with one attached hydrogen (secondary N) is 1. The number of anilines is 1. The Morgan fingerprint density at radius 1 is 1.00 bits per heavy atom. The molecule has 1 aliphatic rings. The van der Waals surface area contributed by atoms with Crippen LogP contribution in [0.2, 0.25) is 0 Å². The third kappa shape index (κ3) is 4.64. The predicted octanol–water partition coefficient (Wildman–Crippen LogP) is 4.51. The molecule has 164 valence electrons. The minimum absolute atomic E-state index is 0.0434. The third-order valence-corrected chi connectivity index (χ3v) is 5.76. The van der Waals surface area contributed by atoms with Crippen LogP contribution in [0.4, 0.5) is 5.69 Å². The van der Waals surface area contributed by atoms with Gasteiger partial charge in [-0.25, -0.2) is 4.79 Å². The highest BCUT2D eigenvalue weighted by atomic mass is 16.5. The summed E-state index contributed by atoms with van der Waals surface area (Å²) in [6, 6.07) is 20.2. The van der Waals surface area contributed by atoms with Crippen LogP contribution in [-0.2, 0) is 9.53 Å². The van der Waals surface area contributed by atoms with Crippen LogP contribution in [0, 0.1) is 5.92 Å². The molecule has 32 heavy (non-hydrogen) atoms. The fourth-order valence-corrected chi connectivity index (χ4v) is 4.11. The second-order valence-corrected chi connectivity index (χ2v) is 7.90.